The highest BCUT2D eigenvalue weighted by Gasteiger charge is 2.18. The van der Waals surface area contributed by atoms with Crippen LogP contribution < -0.4 is 14.8 Å². The predicted molar refractivity (Wildman–Crippen MR) is 135 cm³/mol. The molecule has 5 aromatic rings. The van der Waals surface area contributed by atoms with E-state index >= 15 is 0 Å². The number of ether oxygens (including phenoxy) is 2. The SMILES string of the molecule is COc1ccc(-c2cc(CNC(=O)c3sc4nc(-c5ccc(OC)cc5)cn4c3C)ncn2)cc1. The lowest BCUT2D eigenvalue weighted by atomic mass is 10.1. The Morgan fingerprint density at radius 2 is 1.57 bits per heavy atom. The molecule has 8 nitrogen and oxygen atoms in total. The second-order valence-corrected chi connectivity index (χ2v) is 8.81. The quantitative estimate of drug-likeness (QED) is 0.357. The maximum absolute atomic E-state index is 12.9. The van der Waals surface area contributed by atoms with Crippen LogP contribution in [0.1, 0.15) is 21.1 Å². The lowest BCUT2D eigenvalue weighted by Crippen LogP contribution is -2.23. The lowest BCUT2D eigenvalue weighted by Gasteiger charge is -2.07. The molecular weight excluding hydrogens is 462 g/mol. The van der Waals surface area contributed by atoms with Crippen molar-refractivity contribution >= 4 is 22.2 Å². The van der Waals surface area contributed by atoms with Gasteiger partial charge in [-0.15, -0.1) is 0 Å². The number of thiazole rings is 1. The molecule has 9 heteroatoms. The van der Waals surface area contributed by atoms with Crippen molar-refractivity contribution < 1.29 is 14.3 Å². The molecule has 0 aliphatic rings. The molecule has 0 atom stereocenters. The zero-order chi connectivity index (χ0) is 24.4. The van der Waals surface area contributed by atoms with Crippen LogP contribution >= 0.6 is 11.3 Å². The Bertz CT molecular complexity index is 1490. The van der Waals surface area contributed by atoms with Gasteiger partial charge in [0.2, 0.25) is 0 Å². The number of nitrogens with one attached hydrogen (secondary N) is 1. The van der Waals surface area contributed by atoms with Crippen molar-refractivity contribution in [2.45, 2.75) is 13.5 Å². The van der Waals surface area contributed by atoms with E-state index in [0.717, 1.165) is 50.4 Å². The van der Waals surface area contributed by atoms with E-state index in [2.05, 4.69) is 15.3 Å². The van der Waals surface area contributed by atoms with E-state index in [4.69, 9.17) is 14.5 Å². The Morgan fingerprint density at radius 1 is 0.943 bits per heavy atom. The van der Waals surface area contributed by atoms with Gasteiger partial charge in [0.1, 0.15) is 22.7 Å². The van der Waals surface area contributed by atoms with Crippen molar-refractivity contribution in [3.63, 3.8) is 0 Å². The summed E-state index contributed by atoms with van der Waals surface area (Å²) in [5.74, 6) is 1.42. The molecule has 0 spiro atoms. The molecule has 0 bridgehead atoms. The van der Waals surface area contributed by atoms with E-state index in [-0.39, 0.29) is 5.91 Å². The highest BCUT2D eigenvalue weighted by atomic mass is 32.1. The first-order valence-electron chi connectivity index (χ1n) is 10.9. The summed E-state index contributed by atoms with van der Waals surface area (Å²) >= 11 is 1.36. The second kappa shape index (κ2) is 9.55. The third-order valence-electron chi connectivity index (χ3n) is 5.69. The molecule has 35 heavy (non-hydrogen) atoms. The number of aromatic nitrogens is 4. The van der Waals surface area contributed by atoms with E-state index < -0.39 is 0 Å². The molecule has 0 radical (unpaired) electrons. The third kappa shape index (κ3) is 4.58. The third-order valence-corrected chi connectivity index (χ3v) is 6.84. The maximum Gasteiger partial charge on any atom is 0.263 e. The minimum atomic E-state index is -0.159. The van der Waals surface area contributed by atoms with Crippen LogP contribution in [0.15, 0.2) is 67.1 Å². The van der Waals surface area contributed by atoms with Crippen molar-refractivity contribution in [3.8, 4) is 34.0 Å². The van der Waals surface area contributed by atoms with Crippen molar-refractivity contribution in [2.75, 3.05) is 14.2 Å². The van der Waals surface area contributed by atoms with Crippen LogP contribution in [-0.2, 0) is 6.54 Å². The summed E-state index contributed by atoms with van der Waals surface area (Å²) in [7, 11) is 3.27. The van der Waals surface area contributed by atoms with Crippen LogP contribution in [0.4, 0.5) is 0 Å². The van der Waals surface area contributed by atoms with Crippen LogP contribution in [0.3, 0.4) is 0 Å². The average Bonchev–Trinajstić information content (AvgIpc) is 3.47. The molecule has 1 N–H and O–H groups in total. The predicted octanol–water partition coefficient (Wildman–Crippen LogP) is 4.78. The van der Waals surface area contributed by atoms with Gasteiger partial charge >= 0.3 is 0 Å². The molecule has 0 aliphatic heterocycles. The molecule has 0 aliphatic carbocycles. The van der Waals surface area contributed by atoms with Crippen molar-refractivity contribution in [1.29, 1.82) is 0 Å². The molecular formula is C26H23N5O3S. The smallest absolute Gasteiger partial charge is 0.263 e. The number of carbonyl (C=O) groups excluding carboxylic acids is 1. The van der Waals surface area contributed by atoms with Gasteiger partial charge in [-0.05, 0) is 61.5 Å². The normalized spacial score (nSPS) is 10.9. The number of amides is 1. The van der Waals surface area contributed by atoms with E-state index in [9.17, 15) is 4.79 Å². The first-order valence-corrected chi connectivity index (χ1v) is 11.7. The van der Waals surface area contributed by atoms with Gasteiger partial charge in [-0.1, -0.05) is 11.3 Å². The molecule has 3 heterocycles. The topological polar surface area (TPSA) is 90.6 Å². The summed E-state index contributed by atoms with van der Waals surface area (Å²) < 4.78 is 12.4. The molecule has 0 unspecified atom stereocenters. The summed E-state index contributed by atoms with van der Waals surface area (Å²) in [6.45, 7) is 2.21. The van der Waals surface area contributed by atoms with Gasteiger partial charge in [0.15, 0.2) is 4.96 Å². The van der Waals surface area contributed by atoms with Gasteiger partial charge < -0.3 is 14.8 Å². The fourth-order valence-corrected chi connectivity index (χ4v) is 4.75. The Balaban J connectivity index is 1.30. The Labute approximate surface area is 206 Å². The number of hydrogen-bond acceptors (Lipinski definition) is 7. The Kier molecular flexibility index (Phi) is 6.15. The second-order valence-electron chi connectivity index (χ2n) is 7.83. The molecule has 176 valence electrons. The van der Waals surface area contributed by atoms with Crippen molar-refractivity contribution in [2.24, 2.45) is 0 Å². The highest BCUT2D eigenvalue weighted by Crippen LogP contribution is 2.28. The fourth-order valence-electron chi connectivity index (χ4n) is 3.73. The zero-order valence-corrected chi connectivity index (χ0v) is 20.3. The van der Waals surface area contributed by atoms with Crippen molar-refractivity contribution in [3.05, 3.63) is 83.4 Å². The first kappa shape index (κ1) is 22.5. The van der Waals surface area contributed by atoms with Gasteiger partial charge in [-0.25, -0.2) is 15.0 Å². The minimum Gasteiger partial charge on any atom is -0.497 e. The molecule has 1 amide bonds. The number of fused-ring (bicyclic) bond motifs is 1. The number of aryl methyl sites for hydroxylation is 1. The Hall–Kier alpha value is -4.24. The molecule has 5 rings (SSSR count). The monoisotopic (exact) mass is 485 g/mol. The number of rotatable bonds is 7. The van der Waals surface area contributed by atoms with Crippen LogP contribution in [-0.4, -0.2) is 39.5 Å². The summed E-state index contributed by atoms with van der Waals surface area (Å²) in [4.78, 5) is 27.7. The minimum absolute atomic E-state index is 0.159. The van der Waals surface area contributed by atoms with Gasteiger partial charge in [-0.3, -0.25) is 9.20 Å². The number of carbonyl (C=O) groups is 1. The number of nitrogens with zero attached hydrogens (tertiary/aromatic N) is 4. The molecule has 3 aromatic heterocycles. The molecule has 0 saturated heterocycles. The van der Waals surface area contributed by atoms with Crippen LogP contribution in [0, 0.1) is 6.92 Å². The molecule has 0 saturated carbocycles. The largest absolute Gasteiger partial charge is 0.497 e. The summed E-state index contributed by atoms with van der Waals surface area (Å²) in [5.41, 5.74) is 5.13. The maximum atomic E-state index is 12.9. The van der Waals surface area contributed by atoms with E-state index in [1.165, 1.54) is 17.7 Å². The van der Waals surface area contributed by atoms with Gasteiger partial charge in [0.05, 0.1) is 37.8 Å². The lowest BCUT2D eigenvalue weighted by molar-refractivity contribution is 0.0953. The van der Waals surface area contributed by atoms with E-state index in [1.807, 2.05) is 72.1 Å². The van der Waals surface area contributed by atoms with Crippen LogP contribution in [0.2, 0.25) is 0 Å². The van der Waals surface area contributed by atoms with Gasteiger partial charge in [0.25, 0.3) is 5.91 Å². The Morgan fingerprint density at radius 3 is 2.17 bits per heavy atom. The summed E-state index contributed by atoms with van der Waals surface area (Å²) in [6.07, 6.45) is 3.46. The number of benzene rings is 2. The van der Waals surface area contributed by atoms with E-state index in [0.29, 0.717) is 11.4 Å². The summed E-state index contributed by atoms with van der Waals surface area (Å²) in [5, 5.41) is 2.97. The number of methoxy groups -OCH3 is 2. The van der Waals surface area contributed by atoms with Gasteiger partial charge in [-0.2, -0.15) is 0 Å². The van der Waals surface area contributed by atoms with Gasteiger partial charge in [0, 0.05) is 23.0 Å². The number of hydrogen-bond donors (Lipinski definition) is 1. The molecule has 2 aromatic carbocycles. The standard InChI is InChI=1S/C26H23N5O3S/c1-16-24(35-26-30-23(14-31(16)26)18-6-10-21(34-3)11-7-18)25(32)27-13-19-12-22(29-15-28-19)17-4-8-20(33-2)9-5-17/h4-12,14-15H,13H2,1-3H3,(H,27,32). The summed E-state index contributed by atoms with van der Waals surface area (Å²) in [6, 6.07) is 17.3. The number of imidazole rings is 1. The molecule has 0 fully saturated rings. The van der Waals surface area contributed by atoms with Crippen LogP contribution in [0.25, 0.3) is 27.5 Å². The first-order chi connectivity index (χ1) is 17.1. The van der Waals surface area contributed by atoms with Crippen molar-refractivity contribution in [1.82, 2.24) is 24.7 Å². The highest BCUT2D eigenvalue weighted by molar-refractivity contribution is 7.19. The zero-order valence-electron chi connectivity index (χ0n) is 19.5. The van der Waals surface area contributed by atoms with Crippen LogP contribution in [0.5, 0.6) is 11.5 Å². The van der Waals surface area contributed by atoms with E-state index in [1.54, 1.807) is 14.2 Å². The fraction of sp³-hybridized carbons (Fsp3) is 0.154. The average molecular weight is 486 g/mol.